The van der Waals surface area contributed by atoms with Crippen LogP contribution < -0.4 is 10.1 Å². The smallest absolute Gasteiger partial charge is 0.318 e. The van der Waals surface area contributed by atoms with Crippen molar-refractivity contribution in [3.05, 3.63) is 102 Å². The summed E-state index contributed by atoms with van der Waals surface area (Å²) >= 11 is 3.30. The first-order valence-electron chi connectivity index (χ1n) is 9.58. The fourth-order valence-corrected chi connectivity index (χ4v) is 3.37. The van der Waals surface area contributed by atoms with Gasteiger partial charge in [-0.15, -0.1) is 0 Å². The number of anilines is 1. The van der Waals surface area contributed by atoms with Gasteiger partial charge in [-0.2, -0.15) is 5.26 Å². The summed E-state index contributed by atoms with van der Waals surface area (Å²) in [6, 6.07) is 16.6. The highest BCUT2D eigenvalue weighted by atomic mass is 79.9. The Kier molecular flexibility index (Phi) is 7.35. The molecule has 0 aliphatic carbocycles. The van der Waals surface area contributed by atoms with E-state index in [1.165, 1.54) is 12.1 Å². The Morgan fingerprint density at radius 3 is 2.41 bits per heavy atom. The predicted molar refractivity (Wildman–Crippen MR) is 127 cm³/mol. The van der Waals surface area contributed by atoms with Gasteiger partial charge in [-0.1, -0.05) is 18.2 Å². The molecule has 0 aliphatic heterocycles. The van der Waals surface area contributed by atoms with E-state index in [4.69, 9.17) is 4.74 Å². The van der Waals surface area contributed by atoms with Crippen molar-refractivity contribution in [2.24, 2.45) is 0 Å². The maximum atomic E-state index is 12.5. The van der Waals surface area contributed by atoms with Crippen molar-refractivity contribution in [1.29, 1.82) is 5.26 Å². The Balaban J connectivity index is 1.84. The molecule has 0 saturated carbocycles. The van der Waals surface area contributed by atoms with Gasteiger partial charge in [0.1, 0.15) is 17.4 Å². The molecule has 1 N–H and O–H groups in total. The first-order chi connectivity index (χ1) is 16.2. The third-order valence-electron chi connectivity index (χ3n) is 4.48. The number of aryl methyl sites for hydroxylation is 1. The Morgan fingerprint density at radius 2 is 1.79 bits per heavy atom. The number of hydrogen-bond donors (Lipinski definition) is 1. The molecule has 170 valence electrons. The minimum atomic E-state index is -0.778. The molecule has 0 fully saturated rings. The van der Waals surface area contributed by atoms with Gasteiger partial charge in [0.05, 0.1) is 20.4 Å². The number of nitro groups is 2. The van der Waals surface area contributed by atoms with Crippen molar-refractivity contribution in [1.82, 2.24) is 0 Å². The molecule has 0 heterocycles. The van der Waals surface area contributed by atoms with Crippen LogP contribution in [0, 0.1) is 38.5 Å². The number of halogens is 1. The molecular formula is C23H15BrN4O6. The maximum absolute atomic E-state index is 12.5. The van der Waals surface area contributed by atoms with E-state index in [1.54, 1.807) is 30.3 Å². The van der Waals surface area contributed by atoms with Crippen LogP contribution in [0.2, 0.25) is 0 Å². The molecule has 0 saturated heterocycles. The van der Waals surface area contributed by atoms with E-state index in [0.717, 1.165) is 23.8 Å². The molecule has 0 atom stereocenters. The molecule has 11 heteroatoms. The molecule has 1 amide bonds. The third kappa shape index (κ3) is 5.81. The van der Waals surface area contributed by atoms with E-state index in [2.05, 4.69) is 21.2 Å². The van der Waals surface area contributed by atoms with Crippen molar-refractivity contribution in [3.63, 3.8) is 0 Å². The fourth-order valence-electron chi connectivity index (χ4n) is 2.89. The molecule has 0 aliphatic rings. The van der Waals surface area contributed by atoms with Crippen molar-refractivity contribution in [2.45, 2.75) is 6.92 Å². The van der Waals surface area contributed by atoms with E-state index < -0.39 is 27.1 Å². The number of hydrogen-bond acceptors (Lipinski definition) is 7. The highest BCUT2D eigenvalue weighted by Gasteiger charge is 2.22. The van der Waals surface area contributed by atoms with Crippen molar-refractivity contribution in [3.8, 4) is 17.6 Å². The molecule has 0 aromatic heterocycles. The summed E-state index contributed by atoms with van der Waals surface area (Å²) in [6.07, 6.45) is 1.38. The number of benzene rings is 3. The lowest BCUT2D eigenvalue weighted by Gasteiger charge is -2.09. The number of nitrogens with one attached hydrogen (secondary N) is 1. The van der Waals surface area contributed by atoms with Crippen LogP contribution in [0.25, 0.3) is 6.08 Å². The SMILES string of the molecule is Cc1cccc(NC(=O)C(C#N)=Cc2ccc(Oc3ccc([N+](=O)[O-])cc3[N+](=O)[O-])c(Br)c2)c1. The summed E-state index contributed by atoms with van der Waals surface area (Å²) in [5.74, 6) is -0.572. The average molecular weight is 523 g/mol. The summed E-state index contributed by atoms with van der Waals surface area (Å²) in [5, 5.41) is 34.3. The molecule has 34 heavy (non-hydrogen) atoms. The number of carbonyl (C=O) groups is 1. The number of rotatable bonds is 7. The quantitative estimate of drug-likeness (QED) is 0.175. The van der Waals surface area contributed by atoms with Gasteiger partial charge in [0.15, 0.2) is 0 Å². The number of carbonyl (C=O) groups excluding carboxylic acids is 1. The first kappa shape index (κ1) is 24.1. The Bertz CT molecular complexity index is 1380. The standard InChI is InChI=1S/C23H15BrN4O6/c1-14-3-2-4-17(9-14)26-23(29)16(13-25)10-15-5-7-21(19(24)11-15)34-22-8-6-18(27(30)31)12-20(22)28(32)33/h2-12H,1H3,(H,26,29). The van der Waals surface area contributed by atoms with Crippen LogP contribution in [0.5, 0.6) is 11.5 Å². The number of nitriles is 1. The topological polar surface area (TPSA) is 148 Å². The van der Waals surface area contributed by atoms with Crippen LogP contribution in [0.4, 0.5) is 17.1 Å². The molecule has 3 rings (SSSR count). The summed E-state index contributed by atoms with van der Waals surface area (Å²) in [7, 11) is 0. The second kappa shape index (κ2) is 10.4. The van der Waals surface area contributed by atoms with Crippen molar-refractivity contribution >= 4 is 45.0 Å². The van der Waals surface area contributed by atoms with E-state index in [1.807, 2.05) is 19.1 Å². The Labute approximate surface area is 201 Å². The van der Waals surface area contributed by atoms with Gasteiger partial charge in [-0.25, -0.2) is 0 Å². The first-order valence-corrected chi connectivity index (χ1v) is 10.4. The largest absolute Gasteiger partial charge is 0.449 e. The van der Waals surface area contributed by atoms with Gasteiger partial charge in [0.25, 0.3) is 11.6 Å². The third-order valence-corrected chi connectivity index (χ3v) is 5.10. The van der Waals surface area contributed by atoms with E-state index >= 15 is 0 Å². The summed E-state index contributed by atoms with van der Waals surface area (Å²) in [6.45, 7) is 1.88. The predicted octanol–water partition coefficient (Wildman–Crippen LogP) is 5.91. The van der Waals surface area contributed by atoms with Crippen LogP contribution in [0.15, 0.2) is 70.7 Å². The summed E-state index contributed by atoms with van der Waals surface area (Å²) in [4.78, 5) is 33.2. The zero-order valence-corrected chi connectivity index (χ0v) is 19.1. The molecule has 0 bridgehead atoms. The molecule has 10 nitrogen and oxygen atoms in total. The second-order valence-corrected chi connectivity index (χ2v) is 7.81. The average Bonchev–Trinajstić information content (AvgIpc) is 2.79. The van der Waals surface area contributed by atoms with E-state index in [0.29, 0.717) is 15.7 Å². The molecular weight excluding hydrogens is 508 g/mol. The Morgan fingerprint density at radius 1 is 1.06 bits per heavy atom. The van der Waals surface area contributed by atoms with Gasteiger partial charge in [-0.3, -0.25) is 25.0 Å². The zero-order chi connectivity index (χ0) is 24.8. The van der Waals surface area contributed by atoms with Crippen molar-refractivity contribution < 1.29 is 19.4 Å². The van der Waals surface area contributed by atoms with Gasteiger partial charge in [0.2, 0.25) is 5.75 Å². The highest BCUT2D eigenvalue weighted by molar-refractivity contribution is 9.10. The molecule has 3 aromatic rings. The number of nitrogens with zero attached hydrogens (tertiary/aromatic N) is 3. The minimum Gasteiger partial charge on any atom is -0.449 e. The van der Waals surface area contributed by atoms with Crippen LogP contribution in [0.3, 0.4) is 0 Å². The zero-order valence-electron chi connectivity index (χ0n) is 17.5. The van der Waals surface area contributed by atoms with Gasteiger partial charge in [-0.05, 0) is 70.4 Å². The minimum absolute atomic E-state index is 0.131. The van der Waals surface area contributed by atoms with Crippen LogP contribution in [-0.4, -0.2) is 15.8 Å². The normalized spacial score (nSPS) is 10.8. The van der Waals surface area contributed by atoms with Gasteiger partial charge < -0.3 is 10.1 Å². The van der Waals surface area contributed by atoms with Crippen LogP contribution in [-0.2, 0) is 4.79 Å². The summed E-state index contributed by atoms with van der Waals surface area (Å²) < 4.78 is 5.96. The number of nitro benzene ring substituents is 2. The van der Waals surface area contributed by atoms with Crippen molar-refractivity contribution in [2.75, 3.05) is 5.32 Å². The monoisotopic (exact) mass is 522 g/mol. The second-order valence-electron chi connectivity index (χ2n) is 6.95. The lowest BCUT2D eigenvalue weighted by Crippen LogP contribution is -2.13. The van der Waals surface area contributed by atoms with Crippen LogP contribution >= 0.6 is 15.9 Å². The lowest BCUT2D eigenvalue weighted by molar-refractivity contribution is -0.394. The van der Waals surface area contributed by atoms with Gasteiger partial charge >= 0.3 is 5.69 Å². The van der Waals surface area contributed by atoms with E-state index in [-0.39, 0.29) is 17.1 Å². The number of ether oxygens (including phenoxy) is 1. The van der Waals surface area contributed by atoms with Crippen LogP contribution in [0.1, 0.15) is 11.1 Å². The maximum Gasteiger partial charge on any atom is 0.318 e. The molecule has 0 unspecified atom stereocenters. The highest BCUT2D eigenvalue weighted by Crippen LogP contribution is 2.37. The lowest BCUT2D eigenvalue weighted by atomic mass is 10.1. The molecule has 0 spiro atoms. The molecule has 3 aromatic carbocycles. The number of non-ortho nitro benzene ring substituents is 1. The van der Waals surface area contributed by atoms with E-state index in [9.17, 15) is 30.3 Å². The molecule has 0 radical (unpaired) electrons. The number of amides is 1. The Hall–Kier alpha value is -4.56. The summed E-state index contributed by atoms with van der Waals surface area (Å²) in [5.41, 5.74) is 0.867. The fraction of sp³-hybridized carbons (Fsp3) is 0.0435. The van der Waals surface area contributed by atoms with Gasteiger partial charge in [0, 0.05) is 11.8 Å².